The Morgan fingerprint density at radius 1 is 1.33 bits per heavy atom. The normalized spacial score (nSPS) is 25.5. The molecule has 2 unspecified atom stereocenters. The lowest BCUT2D eigenvalue weighted by Gasteiger charge is -2.21. The van der Waals surface area contributed by atoms with E-state index in [0.717, 1.165) is 16.6 Å². The molecule has 82 valence electrons. The Balaban J connectivity index is 2.05. The van der Waals surface area contributed by atoms with E-state index in [1.165, 1.54) is 25.7 Å². The van der Waals surface area contributed by atoms with Gasteiger partial charge in [0.2, 0.25) is 0 Å². The van der Waals surface area contributed by atoms with E-state index >= 15 is 0 Å². The van der Waals surface area contributed by atoms with E-state index in [2.05, 4.69) is 18.3 Å². The molecule has 0 radical (unpaired) electrons. The second-order valence-corrected chi connectivity index (χ2v) is 4.74. The van der Waals surface area contributed by atoms with E-state index in [1.807, 2.05) is 18.2 Å². The molecule has 1 aliphatic carbocycles. The Hall–Kier alpha value is -0.690. The van der Waals surface area contributed by atoms with Crippen LogP contribution in [0.4, 0.5) is 5.69 Å². The zero-order valence-electron chi connectivity index (χ0n) is 9.17. The van der Waals surface area contributed by atoms with Crippen molar-refractivity contribution in [2.24, 2.45) is 5.92 Å². The molecular weight excluding hydrogens is 206 g/mol. The van der Waals surface area contributed by atoms with Crippen LogP contribution in [-0.4, -0.2) is 6.04 Å². The molecule has 1 aromatic rings. The Labute approximate surface area is 96.8 Å². The Morgan fingerprint density at radius 3 is 2.87 bits per heavy atom. The maximum Gasteiger partial charge on any atom is 0.0637 e. The van der Waals surface area contributed by atoms with Gasteiger partial charge in [-0.15, -0.1) is 0 Å². The van der Waals surface area contributed by atoms with Crippen LogP contribution in [0.2, 0.25) is 5.02 Å². The molecule has 0 bridgehead atoms. The quantitative estimate of drug-likeness (QED) is 0.804. The number of halogens is 1. The Kier molecular flexibility index (Phi) is 3.53. The first-order valence-electron chi connectivity index (χ1n) is 5.82. The molecule has 0 heterocycles. The number of hydrogen-bond donors (Lipinski definition) is 1. The minimum Gasteiger partial charge on any atom is -0.381 e. The van der Waals surface area contributed by atoms with Gasteiger partial charge in [0.25, 0.3) is 0 Å². The molecule has 1 N–H and O–H groups in total. The fourth-order valence-corrected chi connectivity index (χ4v) is 2.68. The summed E-state index contributed by atoms with van der Waals surface area (Å²) in [6, 6.07) is 8.63. The highest BCUT2D eigenvalue weighted by atomic mass is 35.5. The van der Waals surface area contributed by atoms with Crippen molar-refractivity contribution in [2.45, 2.75) is 38.6 Å². The highest BCUT2D eigenvalue weighted by Crippen LogP contribution is 2.32. The minimum atomic E-state index is 0.620. The van der Waals surface area contributed by atoms with Crippen molar-refractivity contribution in [2.75, 3.05) is 5.32 Å². The molecule has 1 fully saturated rings. The molecule has 1 nitrogen and oxygen atoms in total. The van der Waals surface area contributed by atoms with E-state index in [-0.39, 0.29) is 0 Å². The van der Waals surface area contributed by atoms with Gasteiger partial charge in [-0.3, -0.25) is 0 Å². The predicted octanol–water partition coefficient (Wildman–Crippen LogP) is 4.33. The lowest BCUT2D eigenvalue weighted by molar-refractivity contribution is 0.489. The molecule has 2 atom stereocenters. The van der Waals surface area contributed by atoms with Gasteiger partial charge in [-0.1, -0.05) is 43.5 Å². The van der Waals surface area contributed by atoms with Crippen LogP contribution in [0.1, 0.15) is 32.6 Å². The fraction of sp³-hybridized carbons (Fsp3) is 0.538. The van der Waals surface area contributed by atoms with Gasteiger partial charge in [-0.05, 0) is 30.9 Å². The summed E-state index contributed by atoms with van der Waals surface area (Å²) in [7, 11) is 0. The summed E-state index contributed by atoms with van der Waals surface area (Å²) in [5.74, 6) is 0.821. The molecule has 0 aromatic heterocycles. The summed E-state index contributed by atoms with van der Waals surface area (Å²) in [5.41, 5.74) is 1.09. The smallest absolute Gasteiger partial charge is 0.0637 e. The average molecular weight is 224 g/mol. The lowest BCUT2D eigenvalue weighted by Crippen LogP contribution is -2.23. The third-order valence-electron chi connectivity index (χ3n) is 3.40. The first-order valence-corrected chi connectivity index (χ1v) is 6.20. The lowest BCUT2D eigenvalue weighted by atomic mass is 10.0. The topological polar surface area (TPSA) is 12.0 Å². The zero-order valence-corrected chi connectivity index (χ0v) is 9.93. The molecule has 2 rings (SSSR count). The molecule has 1 saturated carbocycles. The average Bonchev–Trinajstić information content (AvgIpc) is 2.69. The third-order valence-corrected chi connectivity index (χ3v) is 3.73. The van der Waals surface area contributed by atoms with Gasteiger partial charge in [0, 0.05) is 6.04 Å². The minimum absolute atomic E-state index is 0.620. The monoisotopic (exact) mass is 223 g/mol. The molecule has 2 heteroatoms. The SMILES string of the molecule is CCC1CCCC1Nc1ccccc1Cl. The highest BCUT2D eigenvalue weighted by Gasteiger charge is 2.25. The molecule has 15 heavy (non-hydrogen) atoms. The number of nitrogens with one attached hydrogen (secondary N) is 1. The summed E-state index contributed by atoms with van der Waals surface area (Å²) in [5, 5.41) is 4.41. The van der Waals surface area contributed by atoms with Gasteiger partial charge in [-0.25, -0.2) is 0 Å². The van der Waals surface area contributed by atoms with Crippen molar-refractivity contribution >= 4 is 17.3 Å². The number of anilines is 1. The van der Waals surface area contributed by atoms with Crippen LogP contribution in [0.3, 0.4) is 0 Å². The van der Waals surface area contributed by atoms with Gasteiger partial charge in [0.15, 0.2) is 0 Å². The summed E-state index contributed by atoms with van der Waals surface area (Å²) in [6.07, 6.45) is 5.26. The number of hydrogen-bond acceptors (Lipinski definition) is 1. The van der Waals surface area contributed by atoms with Crippen LogP contribution < -0.4 is 5.32 Å². The van der Waals surface area contributed by atoms with Crippen LogP contribution in [0.15, 0.2) is 24.3 Å². The van der Waals surface area contributed by atoms with Crippen LogP contribution in [0.5, 0.6) is 0 Å². The van der Waals surface area contributed by atoms with E-state index in [0.29, 0.717) is 6.04 Å². The van der Waals surface area contributed by atoms with Crippen molar-refractivity contribution in [1.29, 1.82) is 0 Å². The number of para-hydroxylation sites is 1. The second kappa shape index (κ2) is 4.89. The van der Waals surface area contributed by atoms with Gasteiger partial charge in [0.05, 0.1) is 10.7 Å². The number of rotatable bonds is 3. The summed E-state index contributed by atoms with van der Waals surface area (Å²) in [4.78, 5) is 0. The first kappa shape index (κ1) is 10.8. The summed E-state index contributed by atoms with van der Waals surface area (Å²) >= 11 is 6.13. The third kappa shape index (κ3) is 2.46. The van der Waals surface area contributed by atoms with E-state index in [1.54, 1.807) is 0 Å². The second-order valence-electron chi connectivity index (χ2n) is 4.33. The Bertz CT molecular complexity index is 324. The highest BCUT2D eigenvalue weighted by molar-refractivity contribution is 6.33. The van der Waals surface area contributed by atoms with Gasteiger partial charge >= 0.3 is 0 Å². The molecule has 1 aromatic carbocycles. The van der Waals surface area contributed by atoms with Crippen molar-refractivity contribution in [1.82, 2.24) is 0 Å². The molecule has 0 amide bonds. The summed E-state index contributed by atoms with van der Waals surface area (Å²) < 4.78 is 0. The maximum absolute atomic E-state index is 6.13. The number of benzene rings is 1. The van der Waals surface area contributed by atoms with Crippen molar-refractivity contribution in [3.05, 3.63) is 29.3 Å². The van der Waals surface area contributed by atoms with Gasteiger partial charge in [-0.2, -0.15) is 0 Å². The molecular formula is C13H18ClN. The van der Waals surface area contributed by atoms with Gasteiger partial charge < -0.3 is 5.32 Å². The van der Waals surface area contributed by atoms with Crippen LogP contribution in [0, 0.1) is 5.92 Å². The van der Waals surface area contributed by atoms with Crippen molar-refractivity contribution in [3.8, 4) is 0 Å². The predicted molar refractivity (Wildman–Crippen MR) is 66.5 cm³/mol. The molecule has 0 saturated heterocycles. The van der Waals surface area contributed by atoms with Gasteiger partial charge in [0.1, 0.15) is 0 Å². The van der Waals surface area contributed by atoms with Crippen molar-refractivity contribution in [3.63, 3.8) is 0 Å². The van der Waals surface area contributed by atoms with Crippen molar-refractivity contribution < 1.29 is 0 Å². The summed E-state index contributed by atoms with van der Waals surface area (Å²) in [6.45, 7) is 2.28. The Morgan fingerprint density at radius 2 is 2.13 bits per heavy atom. The van der Waals surface area contributed by atoms with Crippen LogP contribution in [0.25, 0.3) is 0 Å². The standard InChI is InChI=1S/C13H18ClN/c1-2-10-6-5-9-12(10)15-13-8-4-3-7-11(13)14/h3-4,7-8,10,12,15H,2,5-6,9H2,1H3. The van der Waals surface area contributed by atoms with Crippen LogP contribution in [-0.2, 0) is 0 Å². The molecule has 0 spiro atoms. The zero-order chi connectivity index (χ0) is 10.7. The van der Waals surface area contributed by atoms with Crippen LogP contribution >= 0.6 is 11.6 Å². The van der Waals surface area contributed by atoms with E-state index in [9.17, 15) is 0 Å². The van der Waals surface area contributed by atoms with E-state index < -0.39 is 0 Å². The largest absolute Gasteiger partial charge is 0.381 e. The fourth-order valence-electron chi connectivity index (χ4n) is 2.49. The first-order chi connectivity index (χ1) is 7.31. The molecule has 0 aliphatic heterocycles. The maximum atomic E-state index is 6.13. The molecule has 1 aliphatic rings. The van der Waals surface area contributed by atoms with E-state index in [4.69, 9.17) is 11.6 Å².